The molecule has 7 nitrogen and oxygen atoms in total. The minimum atomic E-state index is -0.227. The number of halogens is 1. The monoisotopic (exact) mass is 440 g/mol. The summed E-state index contributed by atoms with van der Waals surface area (Å²) in [5, 5.41) is 6.41. The topological polar surface area (TPSA) is 88.3 Å². The zero-order valence-electron chi connectivity index (χ0n) is 17.1. The third-order valence-corrected chi connectivity index (χ3v) is 5.52. The predicted molar refractivity (Wildman–Crippen MR) is 121 cm³/mol. The number of rotatable bonds is 7. The van der Waals surface area contributed by atoms with Crippen LogP contribution in [0.3, 0.4) is 0 Å². The molecule has 1 fully saturated rings. The largest absolute Gasteiger partial charge is 0.493 e. The van der Waals surface area contributed by atoms with Gasteiger partial charge in [0.25, 0.3) is 0 Å². The lowest BCUT2D eigenvalue weighted by atomic mass is 10.1. The van der Waals surface area contributed by atoms with Gasteiger partial charge < -0.3 is 25.1 Å². The van der Waals surface area contributed by atoms with Gasteiger partial charge in [-0.25, -0.2) is 9.78 Å². The summed E-state index contributed by atoms with van der Waals surface area (Å²) in [6.07, 6.45) is 5.71. The van der Waals surface area contributed by atoms with E-state index in [0.717, 1.165) is 35.4 Å². The molecule has 2 heterocycles. The van der Waals surface area contributed by atoms with E-state index in [-0.39, 0.29) is 12.1 Å². The molecular formula is C23H25ClN4O3. The quantitative estimate of drug-likeness (QED) is 0.499. The number of benzene rings is 2. The molecule has 1 aliphatic rings. The van der Waals surface area contributed by atoms with Crippen molar-refractivity contribution >= 4 is 23.3 Å². The molecule has 8 heteroatoms. The third-order valence-electron chi connectivity index (χ3n) is 5.17. The Kier molecular flexibility index (Phi) is 7.07. The molecule has 0 bridgehead atoms. The van der Waals surface area contributed by atoms with Crippen LogP contribution in [0.15, 0.2) is 55.0 Å². The van der Waals surface area contributed by atoms with E-state index < -0.39 is 0 Å². The fourth-order valence-corrected chi connectivity index (χ4v) is 3.79. The summed E-state index contributed by atoms with van der Waals surface area (Å²) < 4.78 is 11.3. The zero-order chi connectivity index (χ0) is 21.5. The highest BCUT2D eigenvalue weighted by atomic mass is 35.5. The molecule has 2 amide bonds. The molecule has 1 aliphatic heterocycles. The highest BCUT2D eigenvalue weighted by Gasteiger charge is 2.16. The van der Waals surface area contributed by atoms with Crippen LogP contribution in [0.4, 0.5) is 10.5 Å². The third kappa shape index (κ3) is 5.77. The Hall–Kier alpha value is -3.03. The maximum Gasteiger partial charge on any atom is 0.319 e. The Labute approximate surface area is 186 Å². The van der Waals surface area contributed by atoms with Gasteiger partial charge in [0.1, 0.15) is 5.75 Å². The van der Waals surface area contributed by atoms with Gasteiger partial charge >= 0.3 is 6.03 Å². The number of imidazole rings is 1. The zero-order valence-corrected chi connectivity index (χ0v) is 17.8. The Bertz CT molecular complexity index is 1000. The van der Waals surface area contributed by atoms with E-state index in [1.165, 1.54) is 0 Å². The Morgan fingerprint density at radius 1 is 1.23 bits per heavy atom. The molecule has 4 rings (SSSR count). The average molecular weight is 441 g/mol. The number of carbonyl (C=O) groups is 1. The Morgan fingerprint density at radius 2 is 2.06 bits per heavy atom. The van der Waals surface area contributed by atoms with Crippen LogP contribution in [-0.4, -0.2) is 41.9 Å². The van der Waals surface area contributed by atoms with Gasteiger partial charge in [-0.2, -0.15) is 0 Å². The average Bonchev–Trinajstić information content (AvgIpc) is 3.31. The van der Waals surface area contributed by atoms with Crippen molar-refractivity contribution in [2.24, 2.45) is 0 Å². The van der Waals surface area contributed by atoms with Gasteiger partial charge in [0.15, 0.2) is 0 Å². The predicted octanol–water partition coefficient (Wildman–Crippen LogP) is 4.65. The molecule has 3 N–H and O–H groups in total. The maximum atomic E-state index is 12.2. The molecule has 0 unspecified atom stereocenters. The van der Waals surface area contributed by atoms with Crippen molar-refractivity contribution in [2.75, 3.05) is 25.1 Å². The number of hydrogen-bond acceptors (Lipinski definition) is 4. The van der Waals surface area contributed by atoms with Crippen LogP contribution < -0.4 is 15.4 Å². The van der Waals surface area contributed by atoms with Crippen molar-refractivity contribution in [3.63, 3.8) is 0 Å². The number of anilines is 1. The molecule has 162 valence electrons. The second-order valence-corrected chi connectivity index (χ2v) is 7.76. The van der Waals surface area contributed by atoms with E-state index in [0.29, 0.717) is 37.0 Å². The number of amides is 2. The van der Waals surface area contributed by atoms with Crippen molar-refractivity contribution in [3.8, 4) is 17.0 Å². The smallest absolute Gasteiger partial charge is 0.319 e. The van der Waals surface area contributed by atoms with E-state index in [4.69, 9.17) is 21.1 Å². The molecular weight excluding hydrogens is 416 g/mol. The molecule has 1 aromatic heterocycles. The van der Waals surface area contributed by atoms with Crippen LogP contribution in [0.5, 0.6) is 5.75 Å². The van der Waals surface area contributed by atoms with Gasteiger partial charge in [0, 0.05) is 41.9 Å². The first kappa shape index (κ1) is 21.2. The first-order chi connectivity index (χ1) is 15.2. The first-order valence-electron chi connectivity index (χ1n) is 10.3. The summed E-state index contributed by atoms with van der Waals surface area (Å²) in [5.74, 6) is 0.783. The number of nitrogens with zero attached hydrogens (tertiary/aromatic N) is 1. The van der Waals surface area contributed by atoms with E-state index in [1.807, 2.05) is 36.4 Å². The highest BCUT2D eigenvalue weighted by molar-refractivity contribution is 6.31. The maximum absolute atomic E-state index is 12.2. The molecule has 0 radical (unpaired) electrons. The van der Waals surface area contributed by atoms with Gasteiger partial charge in [-0.05, 0) is 42.7 Å². The lowest BCUT2D eigenvalue weighted by molar-refractivity contribution is 0.0806. The number of hydrogen-bond donors (Lipinski definition) is 3. The lowest BCUT2D eigenvalue weighted by Crippen LogP contribution is -2.41. The standard InChI is InChI=1S/C23H25ClN4O3/c24-20-13-18(28-23(29)27-17-8-10-30-11-9-17)6-5-16(20)7-12-31-22-4-2-1-3-19(22)21-14-25-15-26-21/h1-6,13-15,17H,7-12H2,(H,25,26)(H2,27,28,29). The number of aromatic nitrogens is 2. The summed E-state index contributed by atoms with van der Waals surface area (Å²) in [4.78, 5) is 19.4. The van der Waals surface area contributed by atoms with Gasteiger partial charge in [-0.15, -0.1) is 0 Å². The molecule has 2 aromatic carbocycles. The van der Waals surface area contributed by atoms with Gasteiger partial charge in [0.2, 0.25) is 0 Å². The summed E-state index contributed by atoms with van der Waals surface area (Å²) >= 11 is 6.44. The fraction of sp³-hybridized carbons (Fsp3) is 0.304. The van der Waals surface area contributed by atoms with Crippen molar-refractivity contribution in [1.82, 2.24) is 15.3 Å². The van der Waals surface area contributed by atoms with E-state index >= 15 is 0 Å². The highest BCUT2D eigenvalue weighted by Crippen LogP contribution is 2.28. The number of aromatic amines is 1. The van der Waals surface area contributed by atoms with E-state index in [9.17, 15) is 4.79 Å². The number of ether oxygens (including phenoxy) is 2. The molecule has 0 spiro atoms. The molecule has 0 atom stereocenters. The fourth-order valence-electron chi connectivity index (χ4n) is 3.51. The summed E-state index contributed by atoms with van der Waals surface area (Å²) in [6, 6.07) is 13.3. The van der Waals surface area contributed by atoms with Gasteiger partial charge in [0.05, 0.1) is 24.8 Å². The number of nitrogens with one attached hydrogen (secondary N) is 3. The van der Waals surface area contributed by atoms with Crippen LogP contribution in [0.25, 0.3) is 11.3 Å². The van der Waals surface area contributed by atoms with Gasteiger partial charge in [-0.1, -0.05) is 29.8 Å². The molecule has 31 heavy (non-hydrogen) atoms. The second kappa shape index (κ2) is 10.3. The van der Waals surface area contributed by atoms with Gasteiger partial charge in [-0.3, -0.25) is 0 Å². The summed E-state index contributed by atoms with van der Waals surface area (Å²) in [5.41, 5.74) is 3.48. The second-order valence-electron chi connectivity index (χ2n) is 7.35. The summed E-state index contributed by atoms with van der Waals surface area (Å²) in [7, 11) is 0. The summed E-state index contributed by atoms with van der Waals surface area (Å²) in [6.45, 7) is 1.84. The van der Waals surface area contributed by atoms with Crippen molar-refractivity contribution < 1.29 is 14.3 Å². The number of H-pyrrole nitrogens is 1. The number of para-hydroxylation sites is 1. The van der Waals surface area contributed by atoms with Crippen molar-refractivity contribution in [1.29, 1.82) is 0 Å². The molecule has 1 saturated heterocycles. The first-order valence-corrected chi connectivity index (χ1v) is 10.7. The Balaban J connectivity index is 1.31. The molecule has 0 saturated carbocycles. The minimum absolute atomic E-state index is 0.144. The minimum Gasteiger partial charge on any atom is -0.493 e. The van der Waals surface area contributed by atoms with Crippen LogP contribution in [0.2, 0.25) is 5.02 Å². The number of urea groups is 1. The van der Waals surface area contributed by atoms with Crippen LogP contribution >= 0.6 is 11.6 Å². The van der Waals surface area contributed by atoms with Crippen LogP contribution in [-0.2, 0) is 11.2 Å². The van der Waals surface area contributed by atoms with Crippen molar-refractivity contribution in [3.05, 3.63) is 65.6 Å². The normalized spacial score (nSPS) is 14.2. The molecule has 3 aromatic rings. The lowest BCUT2D eigenvalue weighted by Gasteiger charge is -2.23. The van der Waals surface area contributed by atoms with Crippen LogP contribution in [0.1, 0.15) is 18.4 Å². The van der Waals surface area contributed by atoms with E-state index in [1.54, 1.807) is 18.6 Å². The number of carbonyl (C=O) groups excluding carboxylic acids is 1. The van der Waals surface area contributed by atoms with Crippen molar-refractivity contribution in [2.45, 2.75) is 25.3 Å². The van der Waals surface area contributed by atoms with E-state index in [2.05, 4.69) is 20.6 Å². The SMILES string of the molecule is O=C(Nc1ccc(CCOc2ccccc2-c2cnc[nH]2)c(Cl)c1)NC1CCOCC1. The van der Waals surface area contributed by atoms with Crippen LogP contribution in [0, 0.1) is 0 Å². The molecule has 0 aliphatic carbocycles. The Morgan fingerprint density at radius 3 is 2.84 bits per heavy atom.